The monoisotopic (exact) mass is 357 g/mol. The standard InChI is InChI=1S/C15H20FN3O4S/c16-13-8-11(19-10-12(9-17)23-15(19)20)2-3-14(13)18-4-1-6-24(21,22)7-5-18/h2-3,8,12H,1,4-7,9-10,17H2/t12-/m0/s1. The summed E-state index contributed by atoms with van der Waals surface area (Å²) in [6.45, 7) is 1.25. The summed E-state index contributed by atoms with van der Waals surface area (Å²) in [5.41, 5.74) is 6.24. The van der Waals surface area contributed by atoms with Gasteiger partial charge in [-0.2, -0.15) is 0 Å². The average Bonchev–Trinajstić information content (AvgIpc) is 2.82. The van der Waals surface area contributed by atoms with Crippen LogP contribution in [-0.4, -0.2) is 58.3 Å². The van der Waals surface area contributed by atoms with Crippen molar-refractivity contribution < 1.29 is 22.3 Å². The van der Waals surface area contributed by atoms with Crippen molar-refractivity contribution in [2.45, 2.75) is 12.5 Å². The molecule has 1 atom stereocenters. The second-order valence-electron chi connectivity index (χ2n) is 5.98. The van der Waals surface area contributed by atoms with Crippen LogP contribution in [0.3, 0.4) is 0 Å². The molecular formula is C15H20FN3O4S. The van der Waals surface area contributed by atoms with Gasteiger partial charge in [-0.3, -0.25) is 4.90 Å². The van der Waals surface area contributed by atoms with E-state index >= 15 is 0 Å². The number of carbonyl (C=O) groups is 1. The molecule has 2 N–H and O–H groups in total. The Morgan fingerprint density at radius 1 is 1.29 bits per heavy atom. The van der Waals surface area contributed by atoms with E-state index in [1.807, 2.05) is 0 Å². The molecule has 0 bridgehead atoms. The third kappa shape index (κ3) is 3.46. The fourth-order valence-electron chi connectivity index (χ4n) is 2.95. The number of sulfone groups is 1. The van der Waals surface area contributed by atoms with Crippen LogP contribution in [-0.2, 0) is 14.6 Å². The predicted molar refractivity (Wildman–Crippen MR) is 88.6 cm³/mol. The molecule has 7 nitrogen and oxygen atoms in total. The molecule has 0 aliphatic carbocycles. The molecule has 132 valence electrons. The van der Waals surface area contributed by atoms with Crippen LogP contribution in [0, 0.1) is 5.82 Å². The van der Waals surface area contributed by atoms with E-state index in [9.17, 15) is 17.6 Å². The van der Waals surface area contributed by atoms with Crippen LogP contribution in [0.2, 0.25) is 0 Å². The number of benzene rings is 1. The molecule has 1 amide bonds. The molecule has 2 fully saturated rings. The lowest BCUT2D eigenvalue weighted by Crippen LogP contribution is -2.29. The number of anilines is 2. The second-order valence-corrected chi connectivity index (χ2v) is 8.28. The number of hydrogen-bond donors (Lipinski definition) is 1. The maximum atomic E-state index is 14.5. The van der Waals surface area contributed by atoms with Gasteiger partial charge in [-0.1, -0.05) is 0 Å². The molecule has 1 aromatic rings. The SMILES string of the molecule is NC[C@H]1CN(c2ccc(N3CCCS(=O)(=O)CC3)c(F)c2)C(=O)O1. The number of cyclic esters (lactones) is 1. The molecule has 2 saturated heterocycles. The van der Waals surface area contributed by atoms with Crippen LogP contribution in [0.1, 0.15) is 6.42 Å². The van der Waals surface area contributed by atoms with E-state index in [0.717, 1.165) is 0 Å². The van der Waals surface area contributed by atoms with Crippen LogP contribution in [0.15, 0.2) is 18.2 Å². The third-order valence-corrected chi connectivity index (χ3v) is 5.99. The normalized spacial score (nSPS) is 23.9. The number of carbonyl (C=O) groups excluding carboxylic acids is 1. The van der Waals surface area contributed by atoms with Crippen LogP contribution in [0.4, 0.5) is 20.6 Å². The van der Waals surface area contributed by atoms with Crippen molar-refractivity contribution in [2.24, 2.45) is 5.73 Å². The summed E-state index contributed by atoms with van der Waals surface area (Å²) in [5.74, 6) is -0.343. The molecule has 1 aromatic carbocycles. The Labute approximate surface area is 140 Å². The van der Waals surface area contributed by atoms with Gasteiger partial charge in [0.25, 0.3) is 0 Å². The maximum Gasteiger partial charge on any atom is 0.414 e. The number of halogens is 1. The van der Waals surface area contributed by atoms with E-state index in [4.69, 9.17) is 10.5 Å². The smallest absolute Gasteiger partial charge is 0.414 e. The van der Waals surface area contributed by atoms with Crippen molar-refractivity contribution in [3.8, 4) is 0 Å². The highest BCUT2D eigenvalue weighted by atomic mass is 32.2. The molecular weight excluding hydrogens is 337 g/mol. The van der Waals surface area contributed by atoms with Gasteiger partial charge in [0.05, 0.1) is 29.4 Å². The van der Waals surface area contributed by atoms with E-state index < -0.39 is 27.9 Å². The molecule has 2 aliphatic heterocycles. The van der Waals surface area contributed by atoms with Gasteiger partial charge in [0.1, 0.15) is 11.9 Å². The summed E-state index contributed by atoms with van der Waals surface area (Å²) in [6.07, 6.45) is -0.463. The Bertz CT molecular complexity index is 740. The van der Waals surface area contributed by atoms with Crippen LogP contribution in [0.25, 0.3) is 0 Å². The first-order valence-electron chi connectivity index (χ1n) is 7.83. The van der Waals surface area contributed by atoms with Crippen molar-refractivity contribution in [1.29, 1.82) is 0 Å². The van der Waals surface area contributed by atoms with Crippen molar-refractivity contribution in [3.63, 3.8) is 0 Å². The van der Waals surface area contributed by atoms with Crippen molar-refractivity contribution in [3.05, 3.63) is 24.0 Å². The molecule has 0 unspecified atom stereocenters. The first-order chi connectivity index (χ1) is 11.4. The maximum absolute atomic E-state index is 14.5. The zero-order valence-corrected chi connectivity index (χ0v) is 14.0. The lowest BCUT2D eigenvalue weighted by atomic mass is 10.2. The van der Waals surface area contributed by atoms with Crippen molar-refractivity contribution in [2.75, 3.05) is 47.5 Å². The molecule has 2 aliphatic rings. The van der Waals surface area contributed by atoms with E-state index in [2.05, 4.69) is 0 Å². The van der Waals surface area contributed by atoms with Crippen LogP contribution < -0.4 is 15.5 Å². The number of ether oxygens (including phenoxy) is 1. The Balaban J connectivity index is 1.79. The predicted octanol–water partition coefficient (Wildman–Crippen LogP) is 0.734. The van der Waals surface area contributed by atoms with Gasteiger partial charge in [-0.25, -0.2) is 17.6 Å². The molecule has 24 heavy (non-hydrogen) atoms. The van der Waals surface area contributed by atoms with Gasteiger partial charge >= 0.3 is 6.09 Å². The fourth-order valence-corrected chi connectivity index (χ4v) is 4.23. The van der Waals surface area contributed by atoms with Gasteiger partial charge < -0.3 is 15.4 Å². The number of rotatable bonds is 3. The molecule has 3 rings (SSSR count). The molecule has 0 radical (unpaired) electrons. The van der Waals surface area contributed by atoms with E-state index in [0.29, 0.717) is 24.3 Å². The average molecular weight is 357 g/mol. The first-order valence-corrected chi connectivity index (χ1v) is 9.65. The summed E-state index contributed by atoms with van der Waals surface area (Å²) in [7, 11) is -3.06. The summed E-state index contributed by atoms with van der Waals surface area (Å²) in [6, 6.07) is 4.48. The highest BCUT2D eigenvalue weighted by Crippen LogP contribution is 2.28. The molecule has 0 aromatic heterocycles. The number of nitrogens with zero attached hydrogens (tertiary/aromatic N) is 2. The zero-order valence-electron chi connectivity index (χ0n) is 13.2. The quantitative estimate of drug-likeness (QED) is 0.857. The highest BCUT2D eigenvalue weighted by Gasteiger charge is 2.32. The van der Waals surface area contributed by atoms with E-state index in [1.54, 1.807) is 17.0 Å². The Morgan fingerprint density at radius 3 is 2.75 bits per heavy atom. The minimum Gasteiger partial charge on any atom is -0.443 e. The molecule has 2 heterocycles. The van der Waals surface area contributed by atoms with Gasteiger partial charge in [0, 0.05) is 19.6 Å². The Kier molecular flexibility index (Phi) is 4.64. The number of hydrogen-bond acceptors (Lipinski definition) is 6. The van der Waals surface area contributed by atoms with E-state index in [-0.39, 0.29) is 31.1 Å². The number of amides is 1. The lowest BCUT2D eigenvalue weighted by molar-refractivity contribution is 0.145. The topological polar surface area (TPSA) is 92.9 Å². The van der Waals surface area contributed by atoms with Crippen molar-refractivity contribution >= 4 is 27.3 Å². The first kappa shape index (κ1) is 17.0. The van der Waals surface area contributed by atoms with Gasteiger partial charge in [0.2, 0.25) is 0 Å². The summed E-state index contributed by atoms with van der Waals surface area (Å²) in [4.78, 5) is 14.9. The minimum absolute atomic E-state index is 0.0187. The molecule has 0 saturated carbocycles. The highest BCUT2D eigenvalue weighted by molar-refractivity contribution is 7.91. The fraction of sp³-hybridized carbons (Fsp3) is 0.533. The van der Waals surface area contributed by atoms with E-state index in [1.165, 1.54) is 11.0 Å². The summed E-state index contributed by atoms with van der Waals surface area (Å²) in [5, 5.41) is 0. The largest absolute Gasteiger partial charge is 0.443 e. The third-order valence-electron chi connectivity index (χ3n) is 4.28. The van der Waals surface area contributed by atoms with Crippen molar-refractivity contribution in [1.82, 2.24) is 0 Å². The molecule has 9 heteroatoms. The summed E-state index contributed by atoms with van der Waals surface area (Å²) < 4.78 is 42.9. The van der Waals surface area contributed by atoms with Crippen LogP contribution in [0.5, 0.6) is 0 Å². The minimum atomic E-state index is -3.06. The Hall–Kier alpha value is -1.87. The van der Waals surface area contributed by atoms with Crippen LogP contribution >= 0.6 is 0 Å². The number of nitrogens with two attached hydrogens (primary N) is 1. The lowest BCUT2D eigenvalue weighted by Gasteiger charge is -2.23. The molecule has 0 spiro atoms. The van der Waals surface area contributed by atoms with Gasteiger partial charge in [0.15, 0.2) is 9.84 Å². The second kappa shape index (κ2) is 6.56. The Morgan fingerprint density at radius 2 is 2.08 bits per heavy atom. The van der Waals surface area contributed by atoms with Gasteiger partial charge in [-0.15, -0.1) is 0 Å². The zero-order chi connectivity index (χ0) is 17.3. The summed E-state index contributed by atoms with van der Waals surface area (Å²) >= 11 is 0. The van der Waals surface area contributed by atoms with Gasteiger partial charge in [-0.05, 0) is 24.6 Å².